The van der Waals surface area contributed by atoms with E-state index in [4.69, 9.17) is 5.73 Å². The predicted octanol–water partition coefficient (Wildman–Crippen LogP) is 0.391. The number of carbonyl (C=O) groups is 2. The van der Waals surface area contributed by atoms with Crippen molar-refractivity contribution in [3.8, 4) is 11.8 Å². The summed E-state index contributed by atoms with van der Waals surface area (Å²) in [5, 5.41) is 0. The van der Waals surface area contributed by atoms with Crippen molar-refractivity contribution in [2.45, 2.75) is 6.54 Å². The van der Waals surface area contributed by atoms with E-state index in [1.807, 2.05) is 24.3 Å². The van der Waals surface area contributed by atoms with Crippen LogP contribution in [0.15, 0.2) is 24.3 Å². The van der Waals surface area contributed by atoms with Gasteiger partial charge < -0.3 is 10.6 Å². The van der Waals surface area contributed by atoms with Crippen molar-refractivity contribution < 1.29 is 9.59 Å². The van der Waals surface area contributed by atoms with Crippen molar-refractivity contribution in [1.82, 2.24) is 9.80 Å². The molecule has 0 bridgehead atoms. The van der Waals surface area contributed by atoms with Crippen LogP contribution < -0.4 is 5.73 Å². The fourth-order valence-electron chi connectivity index (χ4n) is 1.91. The summed E-state index contributed by atoms with van der Waals surface area (Å²) < 4.78 is 0. The molecule has 0 spiro atoms. The molecule has 0 radical (unpaired) electrons. The zero-order valence-corrected chi connectivity index (χ0v) is 10.7. The fourth-order valence-corrected chi connectivity index (χ4v) is 1.91. The lowest BCUT2D eigenvalue weighted by Gasteiger charge is -2.14. The highest BCUT2D eigenvalue weighted by atomic mass is 16.2. The van der Waals surface area contributed by atoms with E-state index in [1.54, 1.807) is 7.05 Å². The van der Waals surface area contributed by atoms with Gasteiger partial charge in [0.15, 0.2) is 0 Å². The highest BCUT2D eigenvalue weighted by molar-refractivity contribution is 6.01. The lowest BCUT2D eigenvalue weighted by atomic mass is 10.1. The average Bonchev–Trinajstić information content (AvgIpc) is 2.64. The van der Waals surface area contributed by atoms with Crippen molar-refractivity contribution >= 4 is 11.9 Å². The summed E-state index contributed by atoms with van der Waals surface area (Å²) in [5.74, 6) is 5.52. The molecule has 1 aromatic carbocycles. The monoisotopic (exact) mass is 257 g/mol. The number of hydrogen-bond donors (Lipinski definition) is 1. The topological polar surface area (TPSA) is 66.6 Å². The van der Waals surface area contributed by atoms with Gasteiger partial charge in [0.1, 0.15) is 6.54 Å². The highest BCUT2D eigenvalue weighted by Crippen LogP contribution is 2.14. The summed E-state index contributed by atoms with van der Waals surface area (Å²) in [5.41, 5.74) is 7.03. The maximum atomic E-state index is 11.8. The van der Waals surface area contributed by atoms with Gasteiger partial charge in [-0.2, -0.15) is 0 Å². The molecule has 3 amide bonds. The normalized spacial score (nSPS) is 14.6. The molecule has 0 aliphatic carbocycles. The Morgan fingerprint density at radius 3 is 2.79 bits per heavy atom. The summed E-state index contributed by atoms with van der Waals surface area (Å²) in [6.07, 6.45) is 0. The van der Waals surface area contributed by atoms with Gasteiger partial charge in [-0.1, -0.05) is 24.0 Å². The van der Waals surface area contributed by atoms with E-state index in [1.165, 1.54) is 9.80 Å². The van der Waals surface area contributed by atoms with E-state index in [-0.39, 0.29) is 25.0 Å². The Hall–Kier alpha value is -2.32. The number of imide groups is 1. The Balaban J connectivity index is 2.15. The van der Waals surface area contributed by atoms with Crippen molar-refractivity contribution in [1.29, 1.82) is 0 Å². The minimum atomic E-state index is -0.261. The van der Waals surface area contributed by atoms with Crippen LogP contribution in [0.25, 0.3) is 0 Å². The van der Waals surface area contributed by atoms with Crippen LogP contribution >= 0.6 is 0 Å². The molecule has 1 aromatic rings. The Bertz CT molecular complexity index is 572. The van der Waals surface area contributed by atoms with Gasteiger partial charge in [0.2, 0.25) is 0 Å². The van der Waals surface area contributed by atoms with E-state index in [0.717, 1.165) is 11.1 Å². The van der Waals surface area contributed by atoms with E-state index in [0.29, 0.717) is 6.54 Å². The Kier molecular flexibility index (Phi) is 3.83. The van der Waals surface area contributed by atoms with E-state index in [9.17, 15) is 9.59 Å². The molecule has 0 aromatic heterocycles. The second-order valence-corrected chi connectivity index (χ2v) is 4.32. The van der Waals surface area contributed by atoms with Gasteiger partial charge in [-0.3, -0.25) is 9.69 Å². The number of hydrogen-bond acceptors (Lipinski definition) is 3. The number of urea groups is 1. The Morgan fingerprint density at radius 2 is 2.16 bits per heavy atom. The molecule has 0 atom stereocenters. The zero-order valence-electron chi connectivity index (χ0n) is 10.7. The fraction of sp³-hybridized carbons (Fsp3) is 0.286. The molecule has 0 unspecified atom stereocenters. The van der Waals surface area contributed by atoms with Crippen molar-refractivity contribution in [2.24, 2.45) is 5.73 Å². The minimum Gasteiger partial charge on any atom is -0.320 e. The molecule has 0 saturated carbocycles. The first kappa shape index (κ1) is 13.1. The molecule has 98 valence electrons. The molecule has 1 fully saturated rings. The van der Waals surface area contributed by atoms with Gasteiger partial charge >= 0.3 is 6.03 Å². The largest absolute Gasteiger partial charge is 0.327 e. The molecule has 1 heterocycles. The van der Waals surface area contributed by atoms with Crippen molar-refractivity contribution in [2.75, 3.05) is 20.1 Å². The van der Waals surface area contributed by atoms with Gasteiger partial charge in [-0.05, 0) is 17.7 Å². The predicted molar refractivity (Wildman–Crippen MR) is 71.0 cm³/mol. The zero-order chi connectivity index (χ0) is 13.8. The van der Waals surface area contributed by atoms with Crippen LogP contribution in [-0.2, 0) is 11.3 Å². The summed E-state index contributed by atoms with van der Waals surface area (Å²) in [7, 11) is 1.61. The van der Waals surface area contributed by atoms with Crippen LogP contribution in [0.5, 0.6) is 0 Å². The molecule has 2 N–H and O–H groups in total. The molecule has 5 nitrogen and oxygen atoms in total. The first-order valence-corrected chi connectivity index (χ1v) is 5.95. The Labute approximate surface area is 112 Å². The number of nitrogens with zero attached hydrogens (tertiary/aromatic N) is 2. The molecule has 19 heavy (non-hydrogen) atoms. The number of likely N-dealkylation sites (N-methyl/N-ethyl adjacent to an activating group) is 1. The van der Waals surface area contributed by atoms with Gasteiger partial charge in [0, 0.05) is 12.6 Å². The summed E-state index contributed by atoms with van der Waals surface area (Å²) >= 11 is 0. The number of carbonyl (C=O) groups excluding carboxylic acids is 2. The van der Waals surface area contributed by atoms with E-state index in [2.05, 4.69) is 11.8 Å². The number of nitrogens with two attached hydrogens (primary N) is 1. The van der Waals surface area contributed by atoms with Crippen LogP contribution in [0.2, 0.25) is 0 Å². The second-order valence-electron chi connectivity index (χ2n) is 4.32. The average molecular weight is 257 g/mol. The summed E-state index contributed by atoms with van der Waals surface area (Å²) in [6.45, 7) is 0.726. The minimum absolute atomic E-state index is 0.144. The van der Waals surface area contributed by atoms with Crippen LogP contribution in [0.4, 0.5) is 4.79 Å². The standard InChI is InChI=1S/C14H15N3O2/c1-16-10-13(18)17(14(16)19)9-12-5-2-4-11(8-12)6-3-7-15/h2,4-5,8H,7,9-10,15H2,1H3. The van der Waals surface area contributed by atoms with Crippen LogP contribution in [0, 0.1) is 11.8 Å². The highest BCUT2D eigenvalue weighted by Gasteiger charge is 2.33. The Morgan fingerprint density at radius 1 is 1.37 bits per heavy atom. The smallest absolute Gasteiger partial charge is 0.320 e. The van der Waals surface area contributed by atoms with Gasteiger partial charge in [0.05, 0.1) is 13.1 Å². The second kappa shape index (κ2) is 5.55. The number of benzene rings is 1. The van der Waals surface area contributed by atoms with E-state index < -0.39 is 0 Å². The molecular formula is C14H15N3O2. The summed E-state index contributed by atoms with van der Waals surface area (Å²) in [4.78, 5) is 26.1. The maximum Gasteiger partial charge on any atom is 0.327 e. The van der Waals surface area contributed by atoms with Crippen LogP contribution in [0.1, 0.15) is 11.1 Å². The third kappa shape index (κ3) is 2.92. The first-order chi connectivity index (χ1) is 9.11. The SMILES string of the molecule is CN1CC(=O)N(Cc2cccc(C#CCN)c2)C1=O. The molecule has 2 rings (SSSR count). The molecule has 1 saturated heterocycles. The van der Waals surface area contributed by atoms with Crippen molar-refractivity contribution in [3.05, 3.63) is 35.4 Å². The van der Waals surface area contributed by atoms with Crippen molar-refractivity contribution in [3.63, 3.8) is 0 Å². The van der Waals surface area contributed by atoms with Gasteiger partial charge in [0.25, 0.3) is 5.91 Å². The maximum absolute atomic E-state index is 11.8. The number of amides is 3. The molecule has 1 aliphatic rings. The summed E-state index contributed by atoms with van der Waals surface area (Å²) in [6, 6.07) is 7.19. The quantitative estimate of drug-likeness (QED) is 0.615. The third-order valence-electron chi connectivity index (χ3n) is 2.83. The number of rotatable bonds is 2. The van der Waals surface area contributed by atoms with Crippen LogP contribution in [0.3, 0.4) is 0 Å². The molecule has 5 heteroatoms. The van der Waals surface area contributed by atoms with Gasteiger partial charge in [-0.25, -0.2) is 4.79 Å². The lowest BCUT2D eigenvalue weighted by Crippen LogP contribution is -2.31. The van der Waals surface area contributed by atoms with E-state index >= 15 is 0 Å². The van der Waals surface area contributed by atoms with Crippen LogP contribution in [-0.4, -0.2) is 41.9 Å². The first-order valence-electron chi connectivity index (χ1n) is 5.95. The lowest BCUT2D eigenvalue weighted by molar-refractivity contribution is -0.125. The molecular weight excluding hydrogens is 242 g/mol. The third-order valence-corrected chi connectivity index (χ3v) is 2.83. The van der Waals surface area contributed by atoms with Gasteiger partial charge in [-0.15, -0.1) is 0 Å². The molecule has 1 aliphatic heterocycles.